The second kappa shape index (κ2) is 4.55. The van der Waals surface area contributed by atoms with Gasteiger partial charge in [-0.2, -0.15) is 0 Å². The molecule has 0 aromatic carbocycles. The number of hydrogen-bond donors (Lipinski definition) is 1. The highest BCUT2D eigenvalue weighted by molar-refractivity contribution is 4.94. The summed E-state index contributed by atoms with van der Waals surface area (Å²) >= 11 is 0. The molecule has 0 radical (unpaired) electrons. The van der Waals surface area contributed by atoms with E-state index in [9.17, 15) is 0 Å². The van der Waals surface area contributed by atoms with E-state index >= 15 is 0 Å². The molecule has 0 aliphatic rings. The van der Waals surface area contributed by atoms with Crippen molar-refractivity contribution < 1.29 is 0 Å². The molecular formula is C10H20N4. The van der Waals surface area contributed by atoms with E-state index in [1.54, 1.807) is 0 Å². The molecule has 0 saturated carbocycles. The van der Waals surface area contributed by atoms with Crippen LogP contribution in [-0.4, -0.2) is 20.5 Å². The maximum atomic E-state index is 4.03. The lowest BCUT2D eigenvalue weighted by Gasteiger charge is -2.20. The molecule has 0 bridgehead atoms. The van der Waals surface area contributed by atoms with E-state index in [1.165, 1.54) is 0 Å². The second-order valence-electron chi connectivity index (χ2n) is 4.55. The fraction of sp³-hybridized carbons (Fsp3) is 0.800. The third kappa shape index (κ3) is 3.46. The molecule has 14 heavy (non-hydrogen) atoms. The van der Waals surface area contributed by atoms with Crippen molar-refractivity contribution in [3.63, 3.8) is 0 Å². The van der Waals surface area contributed by atoms with Crippen molar-refractivity contribution >= 4 is 0 Å². The van der Waals surface area contributed by atoms with E-state index in [0.29, 0.717) is 0 Å². The number of aryl methyl sites for hydroxylation is 1. The van der Waals surface area contributed by atoms with E-state index in [-0.39, 0.29) is 5.54 Å². The van der Waals surface area contributed by atoms with E-state index in [0.717, 1.165) is 25.2 Å². The number of aromatic nitrogens is 3. The predicted molar refractivity (Wildman–Crippen MR) is 56.9 cm³/mol. The Morgan fingerprint density at radius 2 is 2.14 bits per heavy atom. The first-order chi connectivity index (χ1) is 6.53. The van der Waals surface area contributed by atoms with Crippen molar-refractivity contribution in [3.8, 4) is 0 Å². The van der Waals surface area contributed by atoms with Gasteiger partial charge in [0, 0.05) is 18.6 Å². The molecule has 1 aromatic rings. The fourth-order valence-electron chi connectivity index (χ4n) is 1.17. The van der Waals surface area contributed by atoms with Crippen LogP contribution in [0, 0.1) is 0 Å². The third-order valence-corrected chi connectivity index (χ3v) is 1.93. The zero-order valence-corrected chi connectivity index (χ0v) is 9.54. The standard InChI is InChI=1S/C10H20N4/c1-5-6-14-9(8-12-13-14)7-11-10(2,3)4/h8,11H,5-7H2,1-4H3. The monoisotopic (exact) mass is 196 g/mol. The summed E-state index contributed by atoms with van der Waals surface area (Å²) in [5.41, 5.74) is 1.29. The summed E-state index contributed by atoms with van der Waals surface area (Å²) in [5.74, 6) is 0. The van der Waals surface area contributed by atoms with Gasteiger partial charge in [-0.3, -0.25) is 0 Å². The Morgan fingerprint density at radius 3 is 2.71 bits per heavy atom. The Hall–Kier alpha value is -0.900. The summed E-state index contributed by atoms with van der Waals surface area (Å²) in [6, 6.07) is 0. The lowest BCUT2D eigenvalue weighted by atomic mass is 10.1. The van der Waals surface area contributed by atoms with Gasteiger partial charge < -0.3 is 5.32 Å². The molecule has 80 valence electrons. The van der Waals surface area contributed by atoms with Gasteiger partial charge in [0.25, 0.3) is 0 Å². The second-order valence-corrected chi connectivity index (χ2v) is 4.55. The molecule has 0 aliphatic carbocycles. The largest absolute Gasteiger partial charge is 0.306 e. The Kier molecular flexibility index (Phi) is 3.63. The average Bonchev–Trinajstić information content (AvgIpc) is 2.48. The molecule has 0 amide bonds. The van der Waals surface area contributed by atoms with Gasteiger partial charge in [0.2, 0.25) is 0 Å². The highest BCUT2D eigenvalue weighted by atomic mass is 15.4. The minimum atomic E-state index is 0.140. The van der Waals surface area contributed by atoms with E-state index in [2.05, 4.69) is 43.3 Å². The van der Waals surface area contributed by atoms with E-state index < -0.39 is 0 Å². The van der Waals surface area contributed by atoms with Gasteiger partial charge in [-0.05, 0) is 27.2 Å². The summed E-state index contributed by atoms with van der Waals surface area (Å²) in [6.45, 7) is 10.4. The minimum Gasteiger partial charge on any atom is -0.306 e. The predicted octanol–water partition coefficient (Wildman–Crippen LogP) is 1.58. The van der Waals surface area contributed by atoms with E-state index in [1.807, 2.05) is 10.9 Å². The van der Waals surface area contributed by atoms with Gasteiger partial charge in [0.05, 0.1) is 11.9 Å². The van der Waals surface area contributed by atoms with Crippen LogP contribution in [-0.2, 0) is 13.1 Å². The Morgan fingerprint density at radius 1 is 1.43 bits per heavy atom. The third-order valence-electron chi connectivity index (χ3n) is 1.93. The molecule has 0 atom stereocenters. The summed E-state index contributed by atoms with van der Waals surface area (Å²) in [4.78, 5) is 0. The molecule has 0 spiro atoms. The van der Waals surface area contributed by atoms with Crippen LogP contribution in [0.25, 0.3) is 0 Å². The molecule has 4 nitrogen and oxygen atoms in total. The van der Waals surface area contributed by atoms with Gasteiger partial charge in [-0.25, -0.2) is 4.68 Å². The molecule has 0 saturated heterocycles. The quantitative estimate of drug-likeness (QED) is 0.795. The molecular weight excluding hydrogens is 176 g/mol. The van der Waals surface area contributed by atoms with Crippen molar-refractivity contribution in [2.24, 2.45) is 0 Å². The van der Waals surface area contributed by atoms with Crippen LogP contribution in [0.5, 0.6) is 0 Å². The van der Waals surface area contributed by atoms with Crippen LogP contribution in [0.4, 0.5) is 0 Å². The molecule has 0 fully saturated rings. The highest BCUT2D eigenvalue weighted by Crippen LogP contribution is 2.03. The molecule has 1 heterocycles. The summed E-state index contributed by atoms with van der Waals surface area (Å²) in [6.07, 6.45) is 2.92. The van der Waals surface area contributed by atoms with Gasteiger partial charge in [0.15, 0.2) is 0 Å². The van der Waals surface area contributed by atoms with Gasteiger partial charge in [-0.15, -0.1) is 5.10 Å². The van der Waals surface area contributed by atoms with Crippen LogP contribution in [0.1, 0.15) is 39.8 Å². The van der Waals surface area contributed by atoms with Crippen LogP contribution < -0.4 is 5.32 Å². The SMILES string of the molecule is CCCn1nncc1CNC(C)(C)C. The van der Waals surface area contributed by atoms with Crippen LogP contribution >= 0.6 is 0 Å². The summed E-state index contributed by atoms with van der Waals surface area (Å²) in [5, 5.41) is 11.4. The van der Waals surface area contributed by atoms with E-state index in [4.69, 9.17) is 0 Å². The molecule has 0 unspecified atom stereocenters. The zero-order chi connectivity index (χ0) is 10.6. The highest BCUT2D eigenvalue weighted by Gasteiger charge is 2.10. The fourth-order valence-corrected chi connectivity index (χ4v) is 1.17. The normalized spacial score (nSPS) is 12.0. The molecule has 1 aromatic heterocycles. The molecule has 0 aliphatic heterocycles. The lowest BCUT2D eigenvalue weighted by Crippen LogP contribution is -2.35. The van der Waals surface area contributed by atoms with Gasteiger partial charge in [-0.1, -0.05) is 12.1 Å². The Balaban J connectivity index is 2.53. The maximum Gasteiger partial charge on any atom is 0.0738 e. The van der Waals surface area contributed by atoms with Crippen LogP contribution in [0.15, 0.2) is 6.20 Å². The first-order valence-electron chi connectivity index (χ1n) is 5.15. The maximum absolute atomic E-state index is 4.03. The van der Waals surface area contributed by atoms with Gasteiger partial charge in [0.1, 0.15) is 0 Å². The van der Waals surface area contributed by atoms with Crippen molar-refractivity contribution in [2.75, 3.05) is 0 Å². The van der Waals surface area contributed by atoms with Crippen LogP contribution in [0.2, 0.25) is 0 Å². The topological polar surface area (TPSA) is 42.7 Å². The summed E-state index contributed by atoms with van der Waals surface area (Å²) in [7, 11) is 0. The zero-order valence-electron chi connectivity index (χ0n) is 9.54. The number of nitrogens with one attached hydrogen (secondary N) is 1. The lowest BCUT2D eigenvalue weighted by molar-refractivity contribution is 0.410. The smallest absolute Gasteiger partial charge is 0.0738 e. The number of nitrogens with zero attached hydrogens (tertiary/aromatic N) is 3. The first kappa shape index (κ1) is 11.2. The summed E-state index contributed by atoms with van der Waals surface area (Å²) < 4.78 is 1.96. The molecule has 1 rings (SSSR count). The Bertz CT molecular complexity index is 272. The van der Waals surface area contributed by atoms with Crippen molar-refractivity contribution in [1.29, 1.82) is 0 Å². The average molecular weight is 196 g/mol. The van der Waals surface area contributed by atoms with Crippen molar-refractivity contribution in [2.45, 2.75) is 52.7 Å². The first-order valence-corrected chi connectivity index (χ1v) is 5.15. The van der Waals surface area contributed by atoms with Crippen molar-refractivity contribution in [3.05, 3.63) is 11.9 Å². The van der Waals surface area contributed by atoms with Crippen molar-refractivity contribution in [1.82, 2.24) is 20.3 Å². The molecule has 1 N–H and O–H groups in total. The van der Waals surface area contributed by atoms with Crippen LogP contribution in [0.3, 0.4) is 0 Å². The number of hydrogen-bond acceptors (Lipinski definition) is 3. The Labute approximate surface area is 85.7 Å². The molecule has 4 heteroatoms. The van der Waals surface area contributed by atoms with Gasteiger partial charge >= 0.3 is 0 Å². The minimum absolute atomic E-state index is 0.140. The number of rotatable bonds is 4.